The van der Waals surface area contributed by atoms with Crippen LogP contribution in [-0.4, -0.2) is 35.9 Å². The third-order valence-electron chi connectivity index (χ3n) is 2.97. The van der Waals surface area contributed by atoms with E-state index in [1.54, 1.807) is 12.3 Å². The van der Waals surface area contributed by atoms with Crippen molar-refractivity contribution in [2.45, 2.75) is 12.8 Å². The minimum absolute atomic E-state index is 0.0753. The second kappa shape index (κ2) is 5.60. The van der Waals surface area contributed by atoms with Crippen LogP contribution in [0.3, 0.4) is 0 Å². The predicted molar refractivity (Wildman–Crippen MR) is 70.8 cm³/mol. The Morgan fingerprint density at radius 3 is 3.06 bits per heavy atom. The number of likely N-dealkylation sites (tertiary alicyclic amines) is 1. The summed E-state index contributed by atoms with van der Waals surface area (Å²) in [5.74, 6) is 0.775. The second-order valence-electron chi connectivity index (χ2n) is 4.45. The van der Waals surface area contributed by atoms with Crippen LogP contribution in [0.4, 0.5) is 5.82 Å². The van der Waals surface area contributed by atoms with Gasteiger partial charge < -0.3 is 10.2 Å². The van der Waals surface area contributed by atoms with Gasteiger partial charge >= 0.3 is 0 Å². The van der Waals surface area contributed by atoms with Gasteiger partial charge in [-0.05, 0) is 54.5 Å². The van der Waals surface area contributed by atoms with Crippen LogP contribution >= 0.6 is 15.9 Å². The molecule has 0 aromatic carbocycles. The summed E-state index contributed by atoms with van der Waals surface area (Å²) in [6, 6.07) is 3.67. The number of pyridine rings is 1. The normalized spacial score (nSPS) is 21.2. The van der Waals surface area contributed by atoms with E-state index in [0.717, 1.165) is 30.4 Å². The third-order valence-corrected chi connectivity index (χ3v) is 3.44. The summed E-state index contributed by atoms with van der Waals surface area (Å²) in [6.45, 7) is 1.92. The van der Waals surface area contributed by atoms with Crippen molar-refractivity contribution in [1.82, 2.24) is 9.88 Å². The van der Waals surface area contributed by atoms with Gasteiger partial charge in [-0.2, -0.15) is 0 Å². The number of carbonyl (C=O) groups is 1. The molecule has 0 aliphatic carbocycles. The van der Waals surface area contributed by atoms with Gasteiger partial charge in [0.15, 0.2) is 0 Å². The lowest BCUT2D eigenvalue weighted by Gasteiger charge is -2.28. The van der Waals surface area contributed by atoms with Crippen molar-refractivity contribution in [1.29, 1.82) is 0 Å². The van der Waals surface area contributed by atoms with Gasteiger partial charge in [-0.15, -0.1) is 0 Å². The Morgan fingerprint density at radius 2 is 2.41 bits per heavy atom. The molecule has 4 nitrogen and oxygen atoms in total. The Kier molecular flexibility index (Phi) is 4.12. The van der Waals surface area contributed by atoms with Gasteiger partial charge in [-0.3, -0.25) is 4.79 Å². The summed E-state index contributed by atoms with van der Waals surface area (Å²) >= 11 is 3.31. The smallest absolute Gasteiger partial charge is 0.229 e. The van der Waals surface area contributed by atoms with E-state index in [1.807, 2.05) is 6.07 Å². The monoisotopic (exact) mass is 297 g/mol. The van der Waals surface area contributed by atoms with E-state index < -0.39 is 0 Å². The van der Waals surface area contributed by atoms with Gasteiger partial charge in [0.1, 0.15) is 5.82 Å². The molecule has 1 atom stereocenters. The zero-order valence-electron chi connectivity index (χ0n) is 9.82. The summed E-state index contributed by atoms with van der Waals surface area (Å²) in [5, 5.41) is 2.86. The Balaban J connectivity index is 1.94. The molecule has 5 heteroatoms. The summed E-state index contributed by atoms with van der Waals surface area (Å²) in [5.41, 5.74) is 0. The topological polar surface area (TPSA) is 45.2 Å². The van der Waals surface area contributed by atoms with Gasteiger partial charge in [-0.1, -0.05) is 0 Å². The Morgan fingerprint density at radius 1 is 1.59 bits per heavy atom. The molecule has 1 amide bonds. The largest absolute Gasteiger partial charge is 0.310 e. The first-order chi connectivity index (χ1) is 8.15. The van der Waals surface area contributed by atoms with E-state index in [4.69, 9.17) is 0 Å². The lowest BCUT2D eigenvalue weighted by molar-refractivity contribution is -0.121. The number of hydrogen-bond donors (Lipinski definition) is 1. The van der Waals surface area contributed by atoms with Crippen LogP contribution in [0.2, 0.25) is 0 Å². The van der Waals surface area contributed by atoms with Gasteiger partial charge in [0.05, 0.1) is 5.92 Å². The van der Waals surface area contributed by atoms with Crippen molar-refractivity contribution >= 4 is 27.7 Å². The number of piperidine rings is 1. The number of carbonyl (C=O) groups excluding carboxylic acids is 1. The maximum Gasteiger partial charge on any atom is 0.229 e. The van der Waals surface area contributed by atoms with E-state index in [9.17, 15) is 4.79 Å². The number of nitrogens with one attached hydrogen (secondary N) is 1. The molecule has 17 heavy (non-hydrogen) atoms. The number of hydrogen-bond acceptors (Lipinski definition) is 3. The summed E-state index contributed by atoms with van der Waals surface area (Å²) < 4.78 is 0.910. The van der Waals surface area contributed by atoms with Crippen molar-refractivity contribution in [3.8, 4) is 0 Å². The summed E-state index contributed by atoms with van der Waals surface area (Å²) in [7, 11) is 2.05. The average Bonchev–Trinajstić information content (AvgIpc) is 2.32. The van der Waals surface area contributed by atoms with Crippen molar-refractivity contribution in [3.63, 3.8) is 0 Å². The van der Waals surface area contributed by atoms with E-state index in [1.165, 1.54) is 0 Å². The van der Waals surface area contributed by atoms with Crippen molar-refractivity contribution in [3.05, 3.63) is 22.8 Å². The Labute approximate surface area is 110 Å². The van der Waals surface area contributed by atoms with E-state index in [-0.39, 0.29) is 11.8 Å². The number of nitrogens with zero attached hydrogens (tertiary/aromatic N) is 2. The lowest BCUT2D eigenvalue weighted by Crippen LogP contribution is -2.38. The number of rotatable bonds is 2. The van der Waals surface area contributed by atoms with Crippen LogP contribution in [-0.2, 0) is 4.79 Å². The van der Waals surface area contributed by atoms with Crippen molar-refractivity contribution in [2.24, 2.45) is 5.92 Å². The molecule has 2 rings (SSSR count). The highest BCUT2D eigenvalue weighted by Crippen LogP contribution is 2.17. The second-order valence-corrected chi connectivity index (χ2v) is 5.37. The molecule has 1 fully saturated rings. The number of amides is 1. The zero-order chi connectivity index (χ0) is 12.3. The molecule has 1 aromatic rings. The first-order valence-electron chi connectivity index (χ1n) is 5.76. The number of anilines is 1. The van der Waals surface area contributed by atoms with E-state index in [0.29, 0.717) is 5.82 Å². The third kappa shape index (κ3) is 3.51. The van der Waals surface area contributed by atoms with Crippen LogP contribution in [0, 0.1) is 5.92 Å². The van der Waals surface area contributed by atoms with E-state index >= 15 is 0 Å². The van der Waals surface area contributed by atoms with Crippen LogP contribution in [0.25, 0.3) is 0 Å². The molecule has 1 unspecified atom stereocenters. The van der Waals surface area contributed by atoms with Gasteiger partial charge in [-0.25, -0.2) is 4.98 Å². The van der Waals surface area contributed by atoms with E-state index in [2.05, 4.69) is 38.2 Å². The van der Waals surface area contributed by atoms with Gasteiger partial charge in [0, 0.05) is 17.2 Å². The maximum atomic E-state index is 12.0. The molecule has 0 saturated carbocycles. The highest BCUT2D eigenvalue weighted by atomic mass is 79.9. The quantitative estimate of drug-likeness (QED) is 0.909. The standard InChI is InChI=1S/C12H16BrN3O/c1-16-6-2-3-9(8-16)12(17)15-11-5-4-10(13)7-14-11/h4-5,7,9H,2-3,6,8H2,1H3,(H,14,15,17). The average molecular weight is 298 g/mol. The first kappa shape index (κ1) is 12.5. The molecule has 0 bridgehead atoms. The molecule has 1 saturated heterocycles. The SMILES string of the molecule is CN1CCCC(C(=O)Nc2ccc(Br)cn2)C1. The molecule has 0 spiro atoms. The van der Waals surface area contributed by atoms with Crippen LogP contribution < -0.4 is 5.32 Å². The maximum absolute atomic E-state index is 12.0. The van der Waals surface area contributed by atoms with Crippen LogP contribution in [0.1, 0.15) is 12.8 Å². The lowest BCUT2D eigenvalue weighted by atomic mass is 9.98. The van der Waals surface area contributed by atoms with Gasteiger partial charge in [0.25, 0.3) is 0 Å². The minimum Gasteiger partial charge on any atom is -0.310 e. The van der Waals surface area contributed by atoms with Crippen molar-refractivity contribution in [2.75, 3.05) is 25.5 Å². The number of halogens is 1. The Hall–Kier alpha value is -0.940. The summed E-state index contributed by atoms with van der Waals surface area (Å²) in [4.78, 5) is 18.3. The predicted octanol–water partition coefficient (Wildman–Crippen LogP) is 2.12. The fraction of sp³-hybridized carbons (Fsp3) is 0.500. The molecule has 1 N–H and O–H groups in total. The molecular formula is C12H16BrN3O. The van der Waals surface area contributed by atoms with Crippen molar-refractivity contribution < 1.29 is 4.79 Å². The molecular weight excluding hydrogens is 282 g/mol. The minimum atomic E-state index is 0.0753. The van der Waals surface area contributed by atoms with Gasteiger partial charge in [0.2, 0.25) is 5.91 Å². The molecule has 2 heterocycles. The molecule has 1 aliphatic heterocycles. The highest BCUT2D eigenvalue weighted by Gasteiger charge is 2.23. The molecule has 0 radical (unpaired) electrons. The fourth-order valence-corrected chi connectivity index (χ4v) is 2.29. The molecule has 92 valence electrons. The Bertz CT molecular complexity index is 393. The fourth-order valence-electron chi connectivity index (χ4n) is 2.06. The summed E-state index contributed by atoms with van der Waals surface area (Å²) in [6.07, 6.45) is 3.73. The molecule has 1 aliphatic rings. The highest BCUT2D eigenvalue weighted by molar-refractivity contribution is 9.10. The first-order valence-corrected chi connectivity index (χ1v) is 6.55. The van der Waals surface area contributed by atoms with Crippen LogP contribution in [0.15, 0.2) is 22.8 Å². The zero-order valence-corrected chi connectivity index (χ0v) is 11.4. The number of aromatic nitrogens is 1. The van der Waals surface area contributed by atoms with Crippen LogP contribution in [0.5, 0.6) is 0 Å². The molecule has 1 aromatic heterocycles.